The van der Waals surface area contributed by atoms with Gasteiger partial charge >= 0.3 is 0 Å². The molecule has 0 atom stereocenters. The minimum atomic E-state index is 0.735. The van der Waals surface area contributed by atoms with Crippen LogP contribution in [0.3, 0.4) is 0 Å². The zero-order chi connectivity index (χ0) is 11.0. The van der Waals surface area contributed by atoms with Crippen LogP contribution in [0.1, 0.15) is 55.2 Å². The molecule has 1 aromatic heterocycles. The van der Waals surface area contributed by atoms with E-state index in [0.29, 0.717) is 0 Å². The van der Waals surface area contributed by atoms with Gasteiger partial charge in [0.2, 0.25) is 0 Å². The molecular formula is C13H21N3. The van der Waals surface area contributed by atoms with E-state index in [-0.39, 0.29) is 0 Å². The van der Waals surface area contributed by atoms with Crippen LogP contribution < -0.4 is 5.32 Å². The van der Waals surface area contributed by atoms with Gasteiger partial charge in [-0.05, 0) is 19.8 Å². The molecule has 0 radical (unpaired) electrons. The van der Waals surface area contributed by atoms with Crippen molar-refractivity contribution in [2.45, 2.75) is 58.0 Å². The Hall–Kier alpha value is -0.830. The lowest BCUT2D eigenvalue weighted by Crippen LogP contribution is -2.29. The third-order valence-electron chi connectivity index (χ3n) is 4.08. The predicted molar refractivity (Wildman–Crippen MR) is 64.5 cm³/mol. The van der Waals surface area contributed by atoms with E-state index in [1.165, 1.54) is 49.3 Å². The highest BCUT2D eigenvalue weighted by atomic mass is 15.2. The lowest BCUT2D eigenvalue weighted by Gasteiger charge is -2.24. The number of fused-ring (bicyclic) bond motifs is 1. The van der Waals surface area contributed by atoms with Crippen molar-refractivity contribution in [2.24, 2.45) is 0 Å². The summed E-state index contributed by atoms with van der Waals surface area (Å²) in [5.41, 5.74) is 2.67. The smallest absolute Gasteiger partial charge is 0.112 e. The zero-order valence-corrected chi connectivity index (χ0v) is 10.1. The maximum atomic E-state index is 4.84. The quantitative estimate of drug-likeness (QED) is 0.785. The van der Waals surface area contributed by atoms with E-state index in [2.05, 4.69) is 16.8 Å². The summed E-state index contributed by atoms with van der Waals surface area (Å²) in [6, 6.07) is 0. The van der Waals surface area contributed by atoms with Crippen LogP contribution in [0.2, 0.25) is 0 Å². The first-order valence-electron chi connectivity index (χ1n) is 6.63. The van der Waals surface area contributed by atoms with Crippen molar-refractivity contribution in [3.63, 3.8) is 0 Å². The minimum Gasteiger partial charge on any atom is -0.329 e. The van der Waals surface area contributed by atoms with Crippen LogP contribution in [0.25, 0.3) is 0 Å². The first kappa shape index (κ1) is 10.3. The van der Waals surface area contributed by atoms with Gasteiger partial charge in [0.25, 0.3) is 0 Å². The maximum Gasteiger partial charge on any atom is 0.112 e. The van der Waals surface area contributed by atoms with Gasteiger partial charge < -0.3 is 9.88 Å². The van der Waals surface area contributed by atoms with Crippen LogP contribution >= 0.6 is 0 Å². The Morgan fingerprint density at radius 1 is 1.25 bits per heavy atom. The third kappa shape index (κ3) is 1.67. The normalized spacial score (nSPS) is 22.1. The van der Waals surface area contributed by atoms with Crippen molar-refractivity contribution in [3.05, 3.63) is 17.2 Å². The van der Waals surface area contributed by atoms with E-state index in [9.17, 15) is 0 Å². The molecule has 16 heavy (non-hydrogen) atoms. The van der Waals surface area contributed by atoms with Gasteiger partial charge in [0.05, 0.1) is 11.4 Å². The topological polar surface area (TPSA) is 29.9 Å². The summed E-state index contributed by atoms with van der Waals surface area (Å²) in [6.07, 6.45) is 6.91. The fourth-order valence-corrected chi connectivity index (χ4v) is 3.17. The molecule has 1 fully saturated rings. The Labute approximate surface area is 97.3 Å². The molecule has 2 heterocycles. The van der Waals surface area contributed by atoms with Crippen LogP contribution in [0.15, 0.2) is 0 Å². The second-order valence-electron chi connectivity index (χ2n) is 5.17. The van der Waals surface area contributed by atoms with Crippen molar-refractivity contribution in [1.29, 1.82) is 0 Å². The van der Waals surface area contributed by atoms with Crippen LogP contribution in [-0.2, 0) is 13.1 Å². The second kappa shape index (κ2) is 4.21. The summed E-state index contributed by atoms with van der Waals surface area (Å²) in [7, 11) is 0. The van der Waals surface area contributed by atoms with Crippen LogP contribution in [0.5, 0.6) is 0 Å². The minimum absolute atomic E-state index is 0.735. The summed E-state index contributed by atoms with van der Waals surface area (Å²) in [5.74, 6) is 2.12. The number of hydrogen-bond acceptors (Lipinski definition) is 2. The Morgan fingerprint density at radius 2 is 2.06 bits per heavy atom. The molecule has 0 amide bonds. The molecule has 2 aliphatic rings. The van der Waals surface area contributed by atoms with E-state index in [1.807, 2.05) is 0 Å². The summed E-state index contributed by atoms with van der Waals surface area (Å²) >= 11 is 0. The van der Waals surface area contributed by atoms with Gasteiger partial charge in [-0.25, -0.2) is 4.98 Å². The molecule has 3 rings (SSSR count). The number of aromatic nitrogens is 2. The molecule has 1 aliphatic heterocycles. The van der Waals surface area contributed by atoms with Crippen molar-refractivity contribution in [3.8, 4) is 0 Å². The summed E-state index contributed by atoms with van der Waals surface area (Å²) in [6.45, 7) is 5.38. The van der Waals surface area contributed by atoms with Gasteiger partial charge in [-0.1, -0.05) is 19.3 Å². The SMILES string of the molecule is Cc1nc(C2CCCCC2)n2c1CNCC2. The molecule has 0 unspecified atom stereocenters. The number of imidazole rings is 1. The predicted octanol–water partition coefficient (Wildman–Crippen LogP) is 2.34. The van der Waals surface area contributed by atoms with Crippen molar-refractivity contribution >= 4 is 0 Å². The van der Waals surface area contributed by atoms with Crippen LogP contribution in [-0.4, -0.2) is 16.1 Å². The molecule has 1 aromatic rings. The van der Waals surface area contributed by atoms with Gasteiger partial charge in [-0.15, -0.1) is 0 Å². The van der Waals surface area contributed by atoms with Crippen molar-refractivity contribution < 1.29 is 0 Å². The first-order valence-corrected chi connectivity index (χ1v) is 6.63. The Morgan fingerprint density at radius 3 is 2.88 bits per heavy atom. The number of aryl methyl sites for hydroxylation is 1. The molecule has 0 spiro atoms. The third-order valence-corrected chi connectivity index (χ3v) is 4.08. The van der Waals surface area contributed by atoms with Crippen molar-refractivity contribution in [2.75, 3.05) is 6.54 Å². The average molecular weight is 219 g/mol. The molecule has 1 N–H and O–H groups in total. The zero-order valence-electron chi connectivity index (χ0n) is 10.1. The van der Waals surface area contributed by atoms with Gasteiger partial charge in [0, 0.05) is 25.6 Å². The standard InChI is InChI=1S/C13H21N3/c1-10-12-9-14-7-8-16(12)13(15-10)11-5-3-2-4-6-11/h11,14H,2-9H2,1H3. The number of nitrogens with one attached hydrogen (secondary N) is 1. The highest BCUT2D eigenvalue weighted by Gasteiger charge is 2.24. The second-order valence-corrected chi connectivity index (χ2v) is 5.17. The number of hydrogen-bond donors (Lipinski definition) is 1. The van der Waals surface area contributed by atoms with Gasteiger partial charge in [-0.2, -0.15) is 0 Å². The molecule has 0 aromatic carbocycles. The first-order chi connectivity index (χ1) is 7.86. The Bertz CT molecular complexity index is 375. The molecule has 0 saturated heterocycles. The fourth-order valence-electron chi connectivity index (χ4n) is 3.17. The van der Waals surface area contributed by atoms with E-state index >= 15 is 0 Å². The Balaban J connectivity index is 1.93. The molecule has 0 bridgehead atoms. The van der Waals surface area contributed by atoms with Crippen LogP contribution in [0.4, 0.5) is 0 Å². The lowest BCUT2D eigenvalue weighted by atomic mass is 9.88. The summed E-state index contributed by atoms with van der Waals surface area (Å²) < 4.78 is 2.49. The number of nitrogens with zero attached hydrogens (tertiary/aromatic N) is 2. The molecule has 1 aliphatic carbocycles. The monoisotopic (exact) mass is 219 g/mol. The van der Waals surface area contributed by atoms with Gasteiger partial charge in [0.1, 0.15) is 5.82 Å². The van der Waals surface area contributed by atoms with Gasteiger partial charge in [-0.3, -0.25) is 0 Å². The average Bonchev–Trinajstić information content (AvgIpc) is 2.69. The molecule has 88 valence electrons. The van der Waals surface area contributed by atoms with E-state index in [1.54, 1.807) is 0 Å². The van der Waals surface area contributed by atoms with E-state index in [4.69, 9.17) is 4.98 Å². The van der Waals surface area contributed by atoms with Crippen molar-refractivity contribution in [1.82, 2.24) is 14.9 Å². The highest BCUT2D eigenvalue weighted by Crippen LogP contribution is 2.33. The maximum absolute atomic E-state index is 4.84. The summed E-state index contributed by atoms with van der Waals surface area (Å²) in [5, 5.41) is 3.44. The van der Waals surface area contributed by atoms with E-state index in [0.717, 1.165) is 25.6 Å². The molecular weight excluding hydrogens is 198 g/mol. The lowest BCUT2D eigenvalue weighted by molar-refractivity contribution is 0.402. The highest BCUT2D eigenvalue weighted by molar-refractivity contribution is 5.20. The van der Waals surface area contributed by atoms with Crippen LogP contribution in [0, 0.1) is 6.92 Å². The number of rotatable bonds is 1. The fraction of sp³-hybridized carbons (Fsp3) is 0.769. The van der Waals surface area contributed by atoms with Gasteiger partial charge in [0.15, 0.2) is 0 Å². The molecule has 3 nitrogen and oxygen atoms in total. The molecule has 1 saturated carbocycles. The Kier molecular flexibility index (Phi) is 2.72. The largest absolute Gasteiger partial charge is 0.329 e. The molecule has 3 heteroatoms. The summed E-state index contributed by atoms with van der Waals surface area (Å²) in [4.78, 5) is 4.84. The van der Waals surface area contributed by atoms with E-state index < -0.39 is 0 Å².